The lowest BCUT2D eigenvalue weighted by Crippen LogP contribution is -2.32. The highest BCUT2D eigenvalue weighted by atomic mass is 16.2. The van der Waals surface area contributed by atoms with Crippen LogP contribution in [0, 0.1) is 5.92 Å². The zero-order chi connectivity index (χ0) is 21.9. The Morgan fingerprint density at radius 2 is 1.97 bits per heavy atom. The number of allylic oxidation sites excluding steroid dienone is 1. The summed E-state index contributed by atoms with van der Waals surface area (Å²) in [6.45, 7) is 1.64. The van der Waals surface area contributed by atoms with Gasteiger partial charge in [-0.2, -0.15) is 0 Å². The molecule has 1 saturated heterocycles. The van der Waals surface area contributed by atoms with Crippen molar-refractivity contribution < 1.29 is 14.2 Å². The molecule has 5 rings (SSSR count). The Balaban J connectivity index is 1.23. The average Bonchev–Trinajstić information content (AvgIpc) is 2.97. The number of hydrogen-bond donors (Lipinski definition) is 2. The summed E-state index contributed by atoms with van der Waals surface area (Å²) in [7, 11) is 0. The number of carbonyl (C=O) groups is 2. The molecular formula is C27H28N3O2+. The highest BCUT2D eigenvalue weighted by Crippen LogP contribution is 2.31. The summed E-state index contributed by atoms with van der Waals surface area (Å²) < 4.78 is 2.10. The Morgan fingerprint density at radius 3 is 2.81 bits per heavy atom. The summed E-state index contributed by atoms with van der Waals surface area (Å²) in [5, 5.41) is 6.00. The van der Waals surface area contributed by atoms with Crippen LogP contribution < -0.4 is 10.6 Å². The van der Waals surface area contributed by atoms with E-state index in [0.29, 0.717) is 11.5 Å². The van der Waals surface area contributed by atoms with E-state index in [9.17, 15) is 9.59 Å². The zero-order valence-electron chi connectivity index (χ0n) is 18.1. The molecule has 1 fully saturated rings. The Labute approximate surface area is 188 Å². The van der Waals surface area contributed by atoms with Crippen LogP contribution in [0.5, 0.6) is 0 Å². The number of benzene rings is 2. The fourth-order valence-corrected chi connectivity index (χ4v) is 4.72. The topological polar surface area (TPSA) is 61.2 Å². The molecule has 5 nitrogen and oxygen atoms in total. The number of rotatable bonds is 5. The third kappa shape index (κ3) is 4.57. The second-order valence-electron chi connectivity index (χ2n) is 8.90. The fourth-order valence-electron chi connectivity index (χ4n) is 4.72. The zero-order valence-corrected chi connectivity index (χ0v) is 18.1. The number of nitrogens with zero attached hydrogens (tertiary/aromatic N) is 1. The van der Waals surface area contributed by atoms with Gasteiger partial charge in [0.25, 0.3) is 5.91 Å². The number of amides is 2. The van der Waals surface area contributed by atoms with Crippen molar-refractivity contribution in [3.8, 4) is 0 Å². The molecular weight excluding hydrogens is 398 g/mol. The first-order valence-corrected chi connectivity index (χ1v) is 11.4. The number of fused-ring (bicyclic) bond motifs is 3. The van der Waals surface area contributed by atoms with Crippen molar-refractivity contribution in [1.29, 1.82) is 0 Å². The number of carbonyl (C=O) groups excluding carboxylic acids is 2. The number of hydrogen-bond acceptors (Lipinski definition) is 2. The van der Waals surface area contributed by atoms with E-state index in [1.807, 2.05) is 42.8 Å². The molecule has 1 aliphatic carbocycles. The maximum Gasteiger partial charge on any atom is 0.256 e. The van der Waals surface area contributed by atoms with E-state index < -0.39 is 0 Å². The van der Waals surface area contributed by atoms with Gasteiger partial charge in [-0.15, -0.1) is 0 Å². The van der Waals surface area contributed by atoms with Crippen LogP contribution in [0.15, 0.2) is 66.0 Å². The third-order valence-electron chi connectivity index (χ3n) is 6.49. The Kier molecular flexibility index (Phi) is 5.71. The van der Waals surface area contributed by atoms with Gasteiger partial charge in [0.05, 0.1) is 0 Å². The SMILES string of the molecule is O=C1NCCCC2CC1=Cc1ccc(C(=O)NC3=C[N+](CCc4ccccc4)=C3)cc1C2. The van der Waals surface area contributed by atoms with Crippen LogP contribution in [-0.2, 0) is 17.6 Å². The molecule has 0 saturated carbocycles. The molecule has 5 heteroatoms. The van der Waals surface area contributed by atoms with E-state index in [2.05, 4.69) is 39.5 Å². The molecule has 32 heavy (non-hydrogen) atoms. The van der Waals surface area contributed by atoms with Gasteiger partial charge in [-0.1, -0.05) is 36.4 Å². The number of nitrogens with one attached hydrogen (secondary N) is 2. The summed E-state index contributed by atoms with van der Waals surface area (Å²) in [4.78, 5) is 25.2. The summed E-state index contributed by atoms with van der Waals surface area (Å²) in [6, 6.07) is 16.2. The summed E-state index contributed by atoms with van der Waals surface area (Å²) in [5.74, 6) is 0.409. The average molecular weight is 427 g/mol. The van der Waals surface area contributed by atoms with Gasteiger partial charge in [-0.3, -0.25) is 9.59 Å². The van der Waals surface area contributed by atoms with E-state index >= 15 is 0 Å². The summed E-state index contributed by atoms with van der Waals surface area (Å²) >= 11 is 0. The van der Waals surface area contributed by atoms with Gasteiger partial charge in [0.15, 0.2) is 24.7 Å². The van der Waals surface area contributed by atoms with Crippen molar-refractivity contribution >= 4 is 24.1 Å². The molecule has 2 N–H and O–H groups in total. The van der Waals surface area contributed by atoms with Crippen molar-refractivity contribution in [2.75, 3.05) is 13.1 Å². The Morgan fingerprint density at radius 1 is 1.12 bits per heavy atom. The maximum atomic E-state index is 12.8. The van der Waals surface area contributed by atoms with Crippen molar-refractivity contribution in [1.82, 2.24) is 10.6 Å². The Hall–Kier alpha value is -3.47. The van der Waals surface area contributed by atoms with Gasteiger partial charge in [0.1, 0.15) is 0 Å². The van der Waals surface area contributed by atoms with Crippen LogP contribution in [0.25, 0.3) is 6.08 Å². The molecule has 2 aromatic rings. The summed E-state index contributed by atoms with van der Waals surface area (Å²) in [5.41, 5.74) is 5.87. The van der Waals surface area contributed by atoms with Crippen molar-refractivity contribution in [3.63, 3.8) is 0 Å². The highest BCUT2D eigenvalue weighted by molar-refractivity contribution is 6.00. The highest BCUT2D eigenvalue weighted by Gasteiger charge is 2.25. The van der Waals surface area contributed by atoms with Crippen LogP contribution in [0.4, 0.5) is 0 Å². The second kappa shape index (κ2) is 8.95. The first kappa shape index (κ1) is 20.4. The van der Waals surface area contributed by atoms with E-state index in [4.69, 9.17) is 0 Å². The van der Waals surface area contributed by atoms with E-state index in [1.54, 1.807) is 0 Å². The molecule has 2 bridgehead atoms. The summed E-state index contributed by atoms with van der Waals surface area (Å²) in [6.07, 6.45) is 10.7. The molecule has 0 radical (unpaired) electrons. The fraction of sp³-hybridized carbons (Fsp3) is 0.296. The quantitative estimate of drug-likeness (QED) is 0.720. The standard InChI is InChI=1S/C27H27N3O2/c31-26-24-14-20(7-4-11-28-26)13-23-16-22(9-8-21(23)15-24)27(32)29-25-17-30(18-25)12-10-19-5-2-1-3-6-19/h1-3,5-6,8-9,15-18,20H,4,7,10-14H2,(H-,28,29,31,32)/p+1. The minimum Gasteiger partial charge on any atom is -0.352 e. The monoisotopic (exact) mass is 426 g/mol. The van der Waals surface area contributed by atoms with Crippen molar-refractivity contribution in [2.45, 2.75) is 32.1 Å². The molecule has 0 spiro atoms. The van der Waals surface area contributed by atoms with E-state index in [1.165, 1.54) is 5.56 Å². The lowest BCUT2D eigenvalue weighted by molar-refractivity contribution is -0.463. The van der Waals surface area contributed by atoms with Crippen molar-refractivity contribution in [2.24, 2.45) is 5.92 Å². The van der Waals surface area contributed by atoms with Gasteiger partial charge in [0.2, 0.25) is 5.91 Å². The van der Waals surface area contributed by atoms with Crippen LogP contribution in [0.1, 0.15) is 46.3 Å². The maximum absolute atomic E-state index is 12.8. The minimum absolute atomic E-state index is 0.0497. The Bertz CT molecular complexity index is 1140. The van der Waals surface area contributed by atoms with Gasteiger partial charge < -0.3 is 10.6 Å². The van der Waals surface area contributed by atoms with Gasteiger partial charge in [-0.05, 0) is 66.5 Å². The smallest absolute Gasteiger partial charge is 0.256 e. The van der Waals surface area contributed by atoms with Gasteiger partial charge in [-0.25, -0.2) is 4.58 Å². The normalized spacial score (nSPS) is 19.6. The first-order chi connectivity index (χ1) is 15.6. The molecule has 2 aliphatic heterocycles. The third-order valence-corrected chi connectivity index (χ3v) is 6.49. The van der Waals surface area contributed by atoms with Crippen LogP contribution >= 0.6 is 0 Å². The van der Waals surface area contributed by atoms with E-state index in [0.717, 1.165) is 67.6 Å². The van der Waals surface area contributed by atoms with Crippen LogP contribution in [-0.4, -0.2) is 35.7 Å². The predicted octanol–water partition coefficient (Wildman–Crippen LogP) is 3.45. The van der Waals surface area contributed by atoms with Crippen LogP contribution in [0.3, 0.4) is 0 Å². The molecule has 2 heterocycles. The molecule has 1 atom stereocenters. The molecule has 0 aromatic heterocycles. The molecule has 2 aromatic carbocycles. The first-order valence-electron chi connectivity index (χ1n) is 11.4. The predicted molar refractivity (Wildman–Crippen MR) is 125 cm³/mol. The lowest BCUT2D eigenvalue weighted by Gasteiger charge is -2.20. The van der Waals surface area contributed by atoms with Gasteiger partial charge in [0, 0.05) is 24.1 Å². The second-order valence-corrected chi connectivity index (χ2v) is 8.90. The van der Waals surface area contributed by atoms with Gasteiger partial charge >= 0.3 is 0 Å². The largest absolute Gasteiger partial charge is 0.352 e. The van der Waals surface area contributed by atoms with Crippen molar-refractivity contribution in [3.05, 3.63) is 88.3 Å². The molecule has 1 unspecified atom stereocenters. The lowest BCUT2D eigenvalue weighted by atomic mass is 9.89. The minimum atomic E-state index is -0.0925. The van der Waals surface area contributed by atoms with E-state index in [-0.39, 0.29) is 11.8 Å². The van der Waals surface area contributed by atoms with Crippen LogP contribution in [0.2, 0.25) is 0 Å². The molecule has 162 valence electrons. The molecule has 3 aliphatic rings. The molecule has 2 amide bonds.